The van der Waals surface area contributed by atoms with Crippen molar-refractivity contribution in [3.8, 4) is 0 Å². The zero-order valence-electron chi connectivity index (χ0n) is 6.80. The molecule has 0 aromatic carbocycles. The summed E-state index contributed by atoms with van der Waals surface area (Å²) < 4.78 is 57.7. The van der Waals surface area contributed by atoms with Crippen LogP contribution in [0.2, 0.25) is 0 Å². The summed E-state index contributed by atoms with van der Waals surface area (Å²) >= 11 is 0. The van der Waals surface area contributed by atoms with Gasteiger partial charge < -0.3 is 5.32 Å². The van der Waals surface area contributed by atoms with Crippen LogP contribution in [0.3, 0.4) is 0 Å². The second kappa shape index (κ2) is 3.10. The summed E-state index contributed by atoms with van der Waals surface area (Å²) in [5.74, 6) is 0. The Kier molecular flexibility index (Phi) is 2.56. The molecule has 0 spiro atoms. The van der Waals surface area contributed by atoms with Crippen molar-refractivity contribution in [2.24, 2.45) is 0 Å². The molecule has 78 valence electrons. The Hall–Kier alpha value is -0.340. The molecule has 1 saturated heterocycles. The minimum absolute atomic E-state index is 0.270. The van der Waals surface area contributed by atoms with Crippen LogP contribution in [0.5, 0.6) is 0 Å². The summed E-state index contributed by atoms with van der Waals surface area (Å²) in [6.07, 6.45) is 0. The second-order valence-electron chi connectivity index (χ2n) is 2.78. The summed E-state index contributed by atoms with van der Waals surface area (Å²) in [6.45, 7) is 0.539. The number of sulfonamides is 1. The number of hydrogen-bond donors (Lipinski definition) is 1. The van der Waals surface area contributed by atoms with Gasteiger partial charge >= 0.3 is 15.5 Å². The van der Waals surface area contributed by atoms with Crippen molar-refractivity contribution in [3.63, 3.8) is 0 Å². The Morgan fingerprint density at radius 2 is 1.85 bits per heavy atom. The molecule has 0 atom stereocenters. The van der Waals surface area contributed by atoms with Gasteiger partial charge in [-0.3, -0.25) is 0 Å². The van der Waals surface area contributed by atoms with E-state index in [-0.39, 0.29) is 13.1 Å². The van der Waals surface area contributed by atoms with Gasteiger partial charge in [0.25, 0.3) is 0 Å². The minimum atomic E-state index is -5.20. The van der Waals surface area contributed by atoms with Crippen molar-refractivity contribution in [1.29, 1.82) is 0 Å². The van der Waals surface area contributed by atoms with Crippen molar-refractivity contribution in [2.75, 3.05) is 20.1 Å². The van der Waals surface area contributed by atoms with Crippen LogP contribution in [0.25, 0.3) is 0 Å². The summed E-state index contributed by atoms with van der Waals surface area (Å²) in [6, 6.07) is -0.577. The number of nitrogens with zero attached hydrogens (tertiary/aromatic N) is 1. The molecule has 13 heavy (non-hydrogen) atoms. The molecule has 1 heterocycles. The SMILES string of the molecule is CN(C1CNC1)S(=O)(=O)C(F)(F)F. The molecule has 0 unspecified atom stereocenters. The molecule has 0 radical (unpaired) electrons. The van der Waals surface area contributed by atoms with Crippen molar-refractivity contribution in [3.05, 3.63) is 0 Å². The van der Waals surface area contributed by atoms with Gasteiger partial charge in [-0.1, -0.05) is 0 Å². The summed E-state index contributed by atoms with van der Waals surface area (Å²) in [7, 11) is -4.20. The molecule has 0 saturated carbocycles. The summed E-state index contributed by atoms with van der Waals surface area (Å²) in [5.41, 5.74) is -5.20. The van der Waals surface area contributed by atoms with Crippen molar-refractivity contribution in [2.45, 2.75) is 11.6 Å². The predicted molar refractivity (Wildman–Crippen MR) is 39.4 cm³/mol. The van der Waals surface area contributed by atoms with Gasteiger partial charge in [0.1, 0.15) is 0 Å². The molecular weight excluding hydrogens is 209 g/mol. The van der Waals surface area contributed by atoms with E-state index in [0.717, 1.165) is 7.05 Å². The van der Waals surface area contributed by atoms with Crippen LogP contribution in [0.4, 0.5) is 13.2 Å². The smallest absolute Gasteiger partial charge is 0.313 e. The monoisotopic (exact) mass is 218 g/mol. The number of nitrogens with one attached hydrogen (secondary N) is 1. The lowest BCUT2D eigenvalue weighted by Gasteiger charge is -2.34. The lowest BCUT2D eigenvalue weighted by atomic mass is 10.2. The molecule has 1 rings (SSSR count). The fraction of sp³-hybridized carbons (Fsp3) is 1.00. The van der Waals surface area contributed by atoms with E-state index >= 15 is 0 Å². The molecule has 1 aliphatic rings. The molecule has 4 nitrogen and oxygen atoms in total. The van der Waals surface area contributed by atoms with E-state index in [1.807, 2.05) is 0 Å². The topological polar surface area (TPSA) is 49.4 Å². The molecule has 1 aliphatic heterocycles. The van der Waals surface area contributed by atoms with Gasteiger partial charge in [-0.15, -0.1) is 0 Å². The van der Waals surface area contributed by atoms with Crippen LogP contribution in [-0.2, 0) is 10.0 Å². The van der Waals surface area contributed by atoms with Gasteiger partial charge in [0.15, 0.2) is 0 Å². The highest BCUT2D eigenvalue weighted by molar-refractivity contribution is 7.90. The number of likely N-dealkylation sites (N-methyl/N-ethyl adjacent to an activating group) is 1. The zero-order valence-corrected chi connectivity index (χ0v) is 7.61. The number of alkyl halides is 3. The maximum absolute atomic E-state index is 12.0. The molecule has 1 fully saturated rings. The van der Waals surface area contributed by atoms with Crippen LogP contribution in [0.15, 0.2) is 0 Å². The summed E-state index contributed by atoms with van der Waals surface area (Å²) in [5, 5.41) is 2.69. The first-order valence-electron chi connectivity index (χ1n) is 3.52. The fourth-order valence-corrected chi connectivity index (χ4v) is 1.76. The average molecular weight is 218 g/mol. The lowest BCUT2D eigenvalue weighted by molar-refractivity contribution is -0.0498. The summed E-state index contributed by atoms with van der Waals surface area (Å²) in [4.78, 5) is 0. The molecule has 0 amide bonds. The highest BCUT2D eigenvalue weighted by Crippen LogP contribution is 2.27. The van der Waals surface area contributed by atoms with E-state index in [9.17, 15) is 21.6 Å². The van der Waals surface area contributed by atoms with E-state index in [2.05, 4.69) is 5.32 Å². The average Bonchev–Trinajstić information content (AvgIpc) is 1.80. The van der Waals surface area contributed by atoms with Gasteiger partial charge in [0.05, 0.1) is 0 Å². The number of rotatable bonds is 2. The number of halogens is 3. The highest BCUT2D eigenvalue weighted by atomic mass is 32.2. The van der Waals surface area contributed by atoms with Crippen LogP contribution in [-0.4, -0.2) is 44.4 Å². The Bertz CT molecular complexity index is 283. The third-order valence-corrected chi connectivity index (χ3v) is 3.59. The maximum Gasteiger partial charge on any atom is 0.511 e. The van der Waals surface area contributed by atoms with Crippen molar-refractivity contribution < 1.29 is 21.6 Å². The molecule has 1 N–H and O–H groups in total. The first-order chi connectivity index (χ1) is 5.77. The lowest BCUT2D eigenvalue weighted by Crippen LogP contribution is -2.59. The van der Waals surface area contributed by atoms with E-state index in [1.54, 1.807) is 0 Å². The molecule has 0 aromatic heterocycles. The first kappa shape index (κ1) is 10.7. The van der Waals surface area contributed by atoms with Gasteiger partial charge in [0.2, 0.25) is 0 Å². The minimum Gasteiger partial charge on any atom is -0.313 e. The first-order valence-corrected chi connectivity index (χ1v) is 4.96. The van der Waals surface area contributed by atoms with Crippen LogP contribution in [0, 0.1) is 0 Å². The van der Waals surface area contributed by atoms with Gasteiger partial charge in [-0.05, 0) is 0 Å². The second-order valence-corrected chi connectivity index (χ2v) is 4.77. The largest absolute Gasteiger partial charge is 0.511 e. The molecule has 8 heteroatoms. The molecule has 0 aliphatic carbocycles. The normalized spacial score (nSPS) is 20.4. The Morgan fingerprint density at radius 1 is 1.38 bits per heavy atom. The quantitative estimate of drug-likeness (QED) is 0.694. The third kappa shape index (κ3) is 1.79. The number of hydrogen-bond acceptors (Lipinski definition) is 3. The standard InChI is InChI=1S/C5H9F3N2O2S/c1-10(4-2-9-3-4)13(11,12)5(6,7)8/h4,9H,2-3H2,1H3. The van der Waals surface area contributed by atoms with E-state index in [4.69, 9.17) is 0 Å². The van der Waals surface area contributed by atoms with E-state index < -0.39 is 21.6 Å². The van der Waals surface area contributed by atoms with E-state index in [0.29, 0.717) is 4.31 Å². The van der Waals surface area contributed by atoms with E-state index in [1.165, 1.54) is 0 Å². The van der Waals surface area contributed by atoms with Crippen LogP contribution in [0.1, 0.15) is 0 Å². The molecule has 0 aromatic rings. The van der Waals surface area contributed by atoms with Crippen molar-refractivity contribution in [1.82, 2.24) is 9.62 Å². The van der Waals surface area contributed by atoms with Gasteiger partial charge in [-0.2, -0.15) is 17.5 Å². The van der Waals surface area contributed by atoms with Gasteiger partial charge in [0, 0.05) is 26.2 Å². The molecule has 0 bridgehead atoms. The zero-order chi connectivity index (χ0) is 10.3. The fourth-order valence-electron chi connectivity index (χ4n) is 0.890. The Balaban J connectivity index is 2.80. The molecular formula is C5H9F3N2O2S. The van der Waals surface area contributed by atoms with Crippen LogP contribution >= 0.6 is 0 Å². The van der Waals surface area contributed by atoms with Crippen LogP contribution < -0.4 is 5.32 Å². The Morgan fingerprint density at radius 3 is 2.08 bits per heavy atom. The van der Waals surface area contributed by atoms with Gasteiger partial charge in [-0.25, -0.2) is 8.42 Å². The van der Waals surface area contributed by atoms with Crippen molar-refractivity contribution >= 4 is 10.0 Å². The maximum atomic E-state index is 12.0. The Labute approximate surface area is 73.8 Å². The predicted octanol–water partition coefficient (Wildman–Crippen LogP) is -0.260. The highest BCUT2D eigenvalue weighted by Gasteiger charge is 2.51. The third-order valence-electron chi connectivity index (χ3n) is 1.95.